The second kappa shape index (κ2) is 3.77. The van der Waals surface area contributed by atoms with Gasteiger partial charge in [-0.2, -0.15) is 0 Å². The number of carbonyl (C=O) groups excluding carboxylic acids is 1. The van der Waals surface area contributed by atoms with E-state index in [2.05, 4.69) is 21.2 Å². The molecule has 1 saturated carbocycles. The SMILES string of the molecule is CC(C)(CBr)NC(=O)C1CCC1. The minimum Gasteiger partial charge on any atom is -0.350 e. The Bertz CT molecular complexity index is 175. The highest BCUT2D eigenvalue weighted by Crippen LogP contribution is 2.27. The summed E-state index contributed by atoms with van der Waals surface area (Å²) in [6.45, 7) is 4.05. The summed E-state index contributed by atoms with van der Waals surface area (Å²) in [5, 5.41) is 3.83. The highest BCUT2D eigenvalue weighted by Gasteiger charge is 2.28. The molecule has 2 nitrogen and oxygen atoms in total. The van der Waals surface area contributed by atoms with Crippen molar-refractivity contribution in [3.63, 3.8) is 0 Å². The number of carbonyl (C=O) groups is 1. The Hall–Kier alpha value is -0.0500. The maximum atomic E-state index is 11.5. The van der Waals surface area contributed by atoms with Gasteiger partial charge in [0, 0.05) is 16.8 Å². The zero-order chi connectivity index (χ0) is 9.19. The Kier molecular flexibility index (Phi) is 3.16. The van der Waals surface area contributed by atoms with Crippen molar-refractivity contribution in [1.82, 2.24) is 5.32 Å². The second-order valence-electron chi connectivity index (χ2n) is 4.13. The maximum absolute atomic E-state index is 11.5. The monoisotopic (exact) mass is 233 g/mol. The van der Waals surface area contributed by atoms with Gasteiger partial charge in [-0.15, -0.1) is 0 Å². The van der Waals surface area contributed by atoms with Crippen molar-refractivity contribution in [2.24, 2.45) is 5.92 Å². The molecule has 0 aromatic rings. The third-order valence-electron chi connectivity index (χ3n) is 2.27. The van der Waals surface area contributed by atoms with Crippen LogP contribution < -0.4 is 5.32 Å². The van der Waals surface area contributed by atoms with Gasteiger partial charge in [0.1, 0.15) is 0 Å². The van der Waals surface area contributed by atoms with Gasteiger partial charge in [-0.05, 0) is 26.7 Å². The lowest BCUT2D eigenvalue weighted by Gasteiger charge is -2.30. The molecule has 0 aliphatic heterocycles. The topological polar surface area (TPSA) is 29.1 Å². The highest BCUT2D eigenvalue weighted by molar-refractivity contribution is 9.09. The standard InChI is InChI=1S/C9H16BrNO/c1-9(2,6-10)11-8(12)7-4-3-5-7/h7H,3-6H2,1-2H3,(H,11,12). The van der Waals surface area contributed by atoms with Crippen molar-refractivity contribution in [2.45, 2.75) is 38.6 Å². The van der Waals surface area contributed by atoms with Gasteiger partial charge in [0.15, 0.2) is 0 Å². The zero-order valence-corrected chi connectivity index (χ0v) is 9.28. The molecule has 1 fully saturated rings. The fourth-order valence-electron chi connectivity index (χ4n) is 1.14. The normalized spacial score (nSPS) is 18.6. The average Bonchev–Trinajstić information content (AvgIpc) is 1.82. The number of amides is 1. The lowest BCUT2D eigenvalue weighted by Crippen LogP contribution is -2.48. The summed E-state index contributed by atoms with van der Waals surface area (Å²) >= 11 is 3.37. The van der Waals surface area contributed by atoms with Crippen LogP contribution in [-0.2, 0) is 4.79 Å². The van der Waals surface area contributed by atoms with Gasteiger partial charge in [-0.25, -0.2) is 0 Å². The maximum Gasteiger partial charge on any atom is 0.223 e. The molecule has 1 aliphatic rings. The van der Waals surface area contributed by atoms with Crippen LogP contribution in [0.3, 0.4) is 0 Å². The Morgan fingerprint density at radius 3 is 2.50 bits per heavy atom. The summed E-state index contributed by atoms with van der Waals surface area (Å²) in [5.74, 6) is 0.522. The molecule has 1 amide bonds. The largest absolute Gasteiger partial charge is 0.350 e. The van der Waals surface area contributed by atoms with Gasteiger partial charge < -0.3 is 5.32 Å². The molecular formula is C9H16BrNO. The van der Waals surface area contributed by atoms with E-state index in [4.69, 9.17) is 0 Å². The summed E-state index contributed by atoms with van der Waals surface area (Å²) in [6.07, 6.45) is 3.36. The summed E-state index contributed by atoms with van der Waals surface area (Å²) in [5.41, 5.74) is -0.104. The molecule has 3 heteroatoms. The molecule has 0 unspecified atom stereocenters. The Balaban J connectivity index is 2.34. The number of nitrogens with one attached hydrogen (secondary N) is 1. The quantitative estimate of drug-likeness (QED) is 0.744. The van der Waals surface area contributed by atoms with E-state index in [0.717, 1.165) is 18.2 Å². The van der Waals surface area contributed by atoms with Crippen molar-refractivity contribution in [3.8, 4) is 0 Å². The predicted molar refractivity (Wildman–Crippen MR) is 53.4 cm³/mol. The predicted octanol–water partition coefficient (Wildman–Crippen LogP) is 2.08. The molecule has 0 heterocycles. The van der Waals surface area contributed by atoms with Crippen LogP contribution in [0.15, 0.2) is 0 Å². The van der Waals surface area contributed by atoms with Gasteiger partial charge in [0.25, 0.3) is 0 Å². The van der Waals surface area contributed by atoms with Crippen LogP contribution in [0, 0.1) is 5.92 Å². The molecule has 0 bridgehead atoms. The Morgan fingerprint density at radius 1 is 1.58 bits per heavy atom. The first-order valence-corrected chi connectivity index (χ1v) is 5.55. The number of hydrogen-bond donors (Lipinski definition) is 1. The average molecular weight is 234 g/mol. The van der Waals surface area contributed by atoms with Crippen LogP contribution in [0.25, 0.3) is 0 Å². The fraction of sp³-hybridized carbons (Fsp3) is 0.889. The minimum atomic E-state index is -0.104. The van der Waals surface area contributed by atoms with Gasteiger partial charge in [0.05, 0.1) is 0 Å². The summed E-state index contributed by atoms with van der Waals surface area (Å²) < 4.78 is 0. The molecule has 1 rings (SSSR count). The first-order valence-electron chi connectivity index (χ1n) is 4.43. The molecule has 70 valence electrons. The first-order chi connectivity index (χ1) is 5.55. The van der Waals surface area contributed by atoms with Crippen molar-refractivity contribution >= 4 is 21.8 Å². The molecule has 0 aromatic carbocycles. The van der Waals surface area contributed by atoms with Crippen LogP contribution in [0.5, 0.6) is 0 Å². The number of alkyl halides is 1. The van der Waals surface area contributed by atoms with E-state index in [9.17, 15) is 4.79 Å². The van der Waals surface area contributed by atoms with Crippen molar-refractivity contribution in [3.05, 3.63) is 0 Å². The molecule has 0 saturated heterocycles. The molecule has 0 spiro atoms. The second-order valence-corrected chi connectivity index (χ2v) is 4.70. The number of hydrogen-bond acceptors (Lipinski definition) is 1. The van der Waals surface area contributed by atoms with Gasteiger partial charge >= 0.3 is 0 Å². The summed E-state index contributed by atoms with van der Waals surface area (Å²) in [7, 11) is 0. The minimum absolute atomic E-state index is 0.104. The highest BCUT2D eigenvalue weighted by atomic mass is 79.9. The van der Waals surface area contributed by atoms with E-state index in [1.807, 2.05) is 13.8 Å². The zero-order valence-electron chi connectivity index (χ0n) is 7.69. The number of halogens is 1. The molecule has 12 heavy (non-hydrogen) atoms. The summed E-state index contributed by atoms with van der Waals surface area (Å²) in [4.78, 5) is 11.5. The van der Waals surface area contributed by atoms with E-state index in [-0.39, 0.29) is 11.4 Å². The molecule has 1 aliphatic carbocycles. The third kappa shape index (κ3) is 2.47. The van der Waals surface area contributed by atoms with Crippen molar-refractivity contribution in [1.29, 1.82) is 0 Å². The molecule has 0 radical (unpaired) electrons. The van der Waals surface area contributed by atoms with Crippen LogP contribution >= 0.6 is 15.9 Å². The molecule has 0 atom stereocenters. The lowest BCUT2D eigenvalue weighted by molar-refractivity contribution is -0.128. The van der Waals surface area contributed by atoms with Crippen molar-refractivity contribution in [2.75, 3.05) is 5.33 Å². The van der Waals surface area contributed by atoms with E-state index >= 15 is 0 Å². The van der Waals surface area contributed by atoms with Crippen molar-refractivity contribution < 1.29 is 4.79 Å². The van der Waals surface area contributed by atoms with Crippen LogP contribution in [0.2, 0.25) is 0 Å². The van der Waals surface area contributed by atoms with Crippen LogP contribution in [0.1, 0.15) is 33.1 Å². The molecular weight excluding hydrogens is 218 g/mol. The summed E-state index contributed by atoms with van der Waals surface area (Å²) in [6, 6.07) is 0. The van der Waals surface area contributed by atoms with Gasteiger partial charge in [0.2, 0.25) is 5.91 Å². The third-order valence-corrected chi connectivity index (χ3v) is 3.67. The van der Waals surface area contributed by atoms with Crippen LogP contribution in [-0.4, -0.2) is 16.8 Å². The van der Waals surface area contributed by atoms with E-state index in [1.54, 1.807) is 0 Å². The fourth-order valence-corrected chi connectivity index (χ4v) is 1.28. The molecule has 1 N–H and O–H groups in total. The van der Waals surface area contributed by atoms with E-state index in [0.29, 0.717) is 5.92 Å². The Labute approximate surface area is 82.2 Å². The molecule has 0 aromatic heterocycles. The smallest absolute Gasteiger partial charge is 0.223 e. The van der Waals surface area contributed by atoms with E-state index in [1.165, 1.54) is 6.42 Å². The first kappa shape index (κ1) is 10.0. The van der Waals surface area contributed by atoms with Gasteiger partial charge in [-0.3, -0.25) is 4.79 Å². The van der Waals surface area contributed by atoms with Crippen LogP contribution in [0.4, 0.5) is 0 Å². The lowest BCUT2D eigenvalue weighted by atomic mass is 9.84. The van der Waals surface area contributed by atoms with Gasteiger partial charge in [-0.1, -0.05) is 22.4 Å². The number of rotatable bonds is 3. The Morgan fingerprint density at radius 2 is 2.17 bits per heavy atom. The van der Waals surface area contributed by atoms with E-state index < -0.39 is 0 Å².